The molecule has 0 radical (unpaired) electrons. The Morgan fingerprint density at radius 3 is 2.62 bits per heavy atom. The van der Waals surface area contributed by atoms with Gasteiger partial charge in [-0.25, -0.2) is 8.42 Å². The van der Waals surface area contributed by atoms with Crippen LogP contribution >= 0.6 is 10.7 Å². The summed E-state index contributed by atoms with van der Waals surface area (Å²) < 4.78 is 28.9. The molecule has 1 aliphatic heterocycles. The van der Waals surface area contributed by atoms with Crippen LogP contribution in [-0.2, 0) is 15.6 Å². The van der Waals surface area contributed by atoms with Crippen LogP contribution in [0.4, 0.5) is 5.69 Å². The number of carbonyl (C=O) groups is 1. The number of hydrogen-bond donors (Lipinski definition) is 0. The lowest BCUT2D eigenvalue weighted by molar-refractivity contribution is 0.0996. The fraction of sp³-hybridized carbons (Fsp3) is 0.235. The molecule has 0 spiro atoms. The summed E-state index contributed by atoms with van der Waals surface area (Å²) in [6.07, 6.45) is 0.722. The minimum Gasteiger partial charge on any atom is -0.492 e. The molecule has 1 heterocycles. The molecule has 0 N–H and O–H groups in total. The van der Waals surface area contributed by atoms with Crippen molar-refractivity contribution in [3.63, 3.8) is 0 Å². The third kappa shape index (κ3) is 3.12. The summed E-state index contributed by atoms with van der Waals surface area (Å²) in [4.78, 5) is 14.0. The maximum Gasteiger partial charge on any atom is 0.264 e. The Hall–Kier alpha value is -2.05. The molecule has 0 fully saturated rings. The van der Waals surface area contributed by atoms with Crippen molar-refractivity contribution in [2.24, 2.45) is 0 Å². The van der Waals surface area contributed by atoms with Crippen molar-refractivity contribution in [2.75, 3.05) is 11.5 Å². The van der Waals surface area contributed by atoms with Crippen molar-refractivity contribution in [2.45, 2.75) is 24.8 Å². The molecule has 0 saturated carbocycles. The summed E-state index contributed by atoms with van der Waals surface area (Å²) in [7, 11) is 1.54. The second-order valence-electron chi connectivity index (χ2n) is 5.47. The lowest BCUT2D eigenvalue weighted by atomic mass is 10.1. The normalized spacial score (nSPS) is 13.9. The molecule has 0 bridgehead atoms. The predicted octanol–water partition coefficient (Wildman–Crippen LogP) is 3.56. The summed E-state index contributed by atoms with van der Waals surface area (Å²) >= 11 is 0. The van der Waals surface area contributed by atoms with E-state index in [0.717, 1.165) is 12.0 Å². The van der Waals surface area contributed by atoms with Crippen LogP contribution in [0.5, 0.6) is 5.75 Å². The van der Waals surface area contributed by atoms with E-state index < -0.39 is 9.05 Å². The maximum absolute atomic E-state index is 12.5. The highest BCUT2D eigenvalue weighted by molar-refractivity contribution is 8.13. The average Bonchev–Trinajstić information content (AvgIpc) is 2.89. The Morgan fingerprint density at radius 2 is 1.96 bits per heavy atom. The number of carbonyl (C=O) groups excluding carboxylic acids is 1. The largest absolute Gasteiger partial charge is 0.492 e. The summed E-state index contributed by atoms with van der Waals surface area (Å²) in [6.45, 7) is 2.71. The van der Waals surface area contributed by atoms with Gasteiger partial charge in [0.1, 0.15) is 10.6 Å². The summed E-state index contributed by atoms with van der Waals surface area (Å²) in [5.41, 5.74) is 2.17. The van der Waals surface area contributed by atoms with Crippen LogP contribution in [0, 0.1) is 0 Å². The van der Waals surface area contributed by atoms with Gasteiger partial charge in [-0.3, -0.25) is 4.79 Å². The van der Waals surface area contributed by atoms with Crippen molar-refractivity contribution in [3.05, 3.63) is 53.6 Å². The highest BCUT2D eigenvalue weighted by Crippen LogP contribution is 2.35. The van der Waals surface area contributed by atoms with Crippen molar-refractivity contribution in [3.8, 4) is 5.75 Å². The van der Waals surface area contributed by atoms with E-state index >= 15 is 0 Å². The van der Waals surface area contributed by atoms with Crippen LogP contribution in [0.3, 0.4) is 0 Å². The standard InChI is InChI=1S/C17H16ClNO4S/c1-2-9-23-15-10-13(7-8-16(15)24(18,21)22)19-11-12-5-3-4-6-14(12)17(19)20/h3-8,10H,2,9,11H2,1H3. The van der Waals surface area contributed by atoms with E-state index in [1.54, 1.807) is 23.1 Å². The van der Waals surface area contributed by atoms with Crippen LogP contribution in [0.1, 0.15) is 29.3 Å². The second-order valence-corrected chi connectivity index (χ2v) is 8.00. The number of amides is 1. The molecule has 24 heavy (non-hydrogen) atoms. The molecule has 1 aliphatic rings. The molecular weight excluding hydrogens is 350 g/mol. The van der Waals surface area contributed by atoms with Gasteiger partial charge in [0, 0.05) is 28.0 Å². The van der Waals surface area contributed by atoms with Crippen LogP contribution in [0.25, 0.3) is 0 Å². The molecule has 7 heteroatoms. The van der Waals surface area contributed by atoms with Gasteiger partial charge in [-0.1, -0.05) is 25.1 Å². The summed E-state index contributed by atoms with van der Waals surface area (Å²) in [5, 5.41) is 0. The topological polar surface area (TPSA) is 63.7 Å². The molecule has 2 aromatic carbocycles. The Morgan fingerprint density at radius 1 is 1.21 bits per heavy atom. The monoisotopic (exact) mass is 365 g/mol. The zero-order valence-electron chi connectivity index (χ0n) is 13.0. The van der Waals surface area contributed by atoms with Gasteiger partial charge in [-0.2, -0.15) is 0 Å². The SMILES string of the molecule is CCCOc1cc(N2Cc3ccccc3C2=O)ccc1S(=O)(=O)Cl. The molecule has 0 aliphatic carbocycles. The molecule has 126 valence electrons. The van der Waals surface area contributed by atoms with Gasteiger partial charge < -0.3 is 9.64 Å². The van der Waals surface area contributed by atoms with Gasteiger partial charge in [-0.15, -0.1) is 0 Å². The Balaban J connectivity index is 2.00. The van der Waals surface area contributed by atoms with Crippen molar-refractivity contribution < 1.29 is 17.9 Å². The third-order valence-electron chi connectivity index (χ3n) is 3.78. The zero-order valence-corrected chi connectivity index (χ0v) is 14.6. The van der Waals surface area contributed by atoms with E-state index in [1.165, 1.54) is 6.07 Å². The first-order chi connectivity index (χ1) is 11.4. The summed E-state index contributed by atoms with van der Waals surface area (Å²) in [6, 6.07) is 11.9. The fourth-order valence-corrected chi connectivity index (χ4v) is 3.62. The van der Waals surface area contributed by atoms with E-state index in [0.29, 0.717) is 24.4 Å². The van der Waals surface area contributed by atoms with Crippen LogP contribution in [-0.4, -0.2) is 20.9 Å². The fourth-order valence-electron chi connectivity index (χ4n) is 2.65. The number of rotatable bonds is 5. The van der Waals surface area contributed by atoms with Crippen LogP contribution < -0.4 is 9.64 Å². The summed E-state index contributed by atoms with van der Waals surface area (Å²) in [5.74, 6) is 0.0432. The van der Waals surface area contributed by atoms with Crippen LogP contribution in [0.15, 0.2) is 47.4 Å². The zero-order chi connectivity index (χ0) is 17.3. The highest BCUT2D eigenvalue weighted by atomic mass is 35.7. The maximum atomic E-state index is 12.5. The molecule has 1 amide bonds. The quantitative estimate of drug-likeness (QED) is 0.760. The molecule has 0 atom stereocenters. The van der Waals surface area contributed by atoms with E-state index in [-0.39, 0.29) is 16.6 Å². The number of fused-ring (bicyclic) bond motifs is 1. The Bertz CT molecular complexity index is 895. The van der Waals surface area contributed by atoms with Crippen LogP contribution in [0.2, 0.25) is 0 Å². The van der Waals surface area contributed by atoms with Gasteiger partial charge >= 0.3 is 0 Å². The first-order valence-electron chi connectivity index (χ1n) is 7.53. The van der Waals surface area contributed by atoms with E-state index in [1.807, 2.05) is 25.1 Å². The Kier molecular flexibility index (Phi) is 4.51. The minimum atomic E-state index is -3.93. The van der Waals surface area contributed by atoms with Gasteiger partial charge in [0.15, 0.2) is 0 Å². The van der Waals surface area contributed by atoms with Crippen molar-refractivity contribution in [1.29, 1.82) is 0 Å². The molecule has 3 rings (SSSR count). The lowest BCUT2D eigenvalue weighted by Gasteiger charge is -2.18. The number of halogens is 1. The highest BCUT2D eigenvalue weighted by Gasteiger charge is 2.29. The van der Waals surface area contributed by atoms with Crippen molar-refractivity contribution in [1.82, 2.24) is 0 Å². The Labute approximate surface area is 145 Å². The number of ether oxygens (including phenoxy) is 1. The van der Waals surface area contributed by atoms with Gasteiger partial charge in [0.05, 0.1) is 13.2 Å². The van der Waals surface area contributed by atoms with E-state index in [9.17, 15) is 13.2 Å². The number of anilines is 1. The lowest BCUT2D eigenvalue weighted by Crippen LogP contribution is -2.23. The van der Waals surface area contributed by atoms with Crippen molar-refractivity contribution >= 4 is 31.3 Å². The first-order valence-corrected chi connectivity index (χ1v) is 9.84. The molecule has 0 aromatic heterocycles. The second kappa shape index (κ2) is 6.45. The van der Waals surface area contributed by atoms with E-state index in [2.05, 4.69) is 0 Å². The van der Waals surface area contributed by atoms with E-state index in [4.69, 9.17) is 15.4 Å². The molecular formula is C17H16ClNO4S. The van der Waals surface area contributed by atoms with Gasteiger partial charge in [0.25, 0.3) is 15.0 Å². The number of nitrogens with zero attached hydrogens (tertiary/aromatic N) is 1. The molecule has 2 aromatic rings. The molecule has 5 nitrogen and oxygen atoms in total. The molecule has 0 saturated heterocycles. The number of hydrogen-bond acceptors (Lipinski definition) is 4. The van der Waals surface area contributed by atoms with Gasteiger partial charge in [0.2, 0.25) is 0 Å². The first kappa shape index (κ1) is 16.8. The third-order valence-corrected chi connectivity index (χ3v) is 5.15. The smallest absolute Gasteiger partial charge is 0.264 e. The molecule has 0 unspecified atom stereocenters. The minimum absolute atomic E-state index is 0.0921. The predicted molar refractivity (Wildman–Crippen MR) is 92.2 cm³/mol. The number of benzene rings is 2. The average molecular weight is 366 g/mol. The van der Waals surface area contributed by atoms with Gasteiger partial charge in [-0.05, 0) is 30.2 Å².